The normalized spacial score (nSPS) is 11.8. The van der Waals surface area contributed by atoms with Crippen LogP contribution in [0.2, 0.25) is 0 Å². The molecule has 0 bridgehead atoms. The Morgan fingerprint density at radius 1 is 1.00 bits per heavy atom. The third-order valence-corrected chi connectivity index (χ3v) is 8.13. The zero-order chi connectivity index (χ0) is 23.9. The molecule has 0 amide bonds. The lowest BCUT2D eigenvalue weighted by Gasteiger charge is -2.15. The van der Waals surface area contributed by atoms with Crippen molar-refractivity contribution in [2.75, 3.05) is 10.6 Å². The number of rotatable bonds is 6. The van der Waals surface area contributed by atoms with Crippen LogP contribution in [0.25, 0.3) is 11.0 Å². The summed E-state index contributed by atoms with van der Waals surface area (Å²) < 4.78 is 29.3. The minimum Gasteiger partial charge on any atom is -0.338 e. The lowest BCUT2D eigenvalue weighted by Crippen LogP contribution is -2.19. The Bertz CT molecular complexity index is 1530. The number of anilines is 4. The van der Waals surface area contributed by atoms with Gasteiger partial charge < -0.3 is 10.6 Å². The van der Waals surface area contributed by atoms with Crippen molar-refractivity contribution in [3.63, 3.8) is 0 Å². The van der Waals surface area contributed by atoms with Gasteiger partial charge in [-0.15, -0.1) is 0 Å². The molecule has 2 aromatic carbocycles. The van der Waals surface area contributed by atoms with Crippen LogP contribution in [-0.4, -0.2) is 32.8 Å². The Morgan fingerprint density at radius 3 is 2.42 bits per heavy atom. The van der Waals surface area contributed by atoms with E-state index in [1.807, 2.05) is 18.2 Å². The molecule has 0 aliphatic rings. The number of aromatic nitrogens is 4. The summed E-state index contributed by atoms with van der Waals surface area (Å²) >= 11 is 3.42. The molecule has 0 aliphatic carbocycles. The van der Waals surface area contributed by atoms with Crippen molar-refractivity contribution in [2.24, 2.45) is 14.1 Å². The van der Waals surface area contributed by atoms with Gasteiger partial charge in [-0.25, -0.2) is 18.2 Å². The quantitative estimate of drug-likeness (QED) is 0.386. The van der Waals surface area contributed by atoms with E-state index in [0.717, 1.165) is 11.0 Å². The molecule has 2 N–H and O–H groups in total. The lowest BCUT2D eigenvalue weighted by atomic mass is 10.2. The molecule has 2 aromatic heterocycles. The molecule has 172 valence electrons. The third-order valence-electron chi connectivity index (χ3n) is 5.34. The van der Waals surface area contributed by atoms with E-state index in [1.54, 1.807) is 67.5 Å². The minimum absolute atomic E-state index is 0.108. The van der Waals surface area contributed by atoms with Gasteiger partial charge >= 0.3 is 5.69 Å². The molecule has 0 aliphatic heterocycles. The molecule has 9 nitrogen and oxygen atoms in total. The van der Waals surface area contributed by atoms with Crippen LogP contribution in [0.4, 0.5) is 23.1 Å². The Hall–Kier alpha value is -3.18. The molecule has 2 heterocycles. The maximum absolute atomic E-state index is 12.8. The molecular formula is C22H23BrN6O3S. The predicted octanol–water partition coefficient (Wildman–Crippen LogP) is 4.10. The van der Waals surface area contributed by atoms with Crippen LogP contribution in [-0.2, 0) is 23.9 Å². The highest BCUT2D eigenvalue weighted by Gasteiger charge is 2.23. The van der Waals surface area contributed by atoms with E-state index in [0.29, 0.717) is 27.6 Å². The lowest BCUT2D eigenvalue weighted by molar-refractivity contribution is 0.588. The third kappa shape index (κ3) is 4.25. The molecule has 33 heavy (non-hydrogen) atoms. The maximum atomic E-state index is 12.8. The van der Waals surface area contributed by atoms with Gasteiger partial charge in [-0.05, 0) is 60.1 Å². The number of benzene rings is 2. The van der Waals surface area contributed by atoms with Gasteiger partial charge in [0.2, 0.25) is 5.95 Å². The van der Waals surface area contributed by atoms with Crippen LogP contribution in [0.5, 0.6) is 0 Å². The van der Waals surface area contributed by atoms with Crippen LogP contribution in [0.3, 0.4) is 0 Å². The average molecular weight is 531 g/mol. The molecule has 11 heteroatoms. The SMILES string of the molecule is CC(C)S(=O)(=O)c1ccccc1Nc1nc(Nc2ccc3c(c2)n(C)c(=O)n3C)ncc1Br. The number of nitrogens with one attached hydrogen (secondary N) is 2. The molecule has 0 fully saturated rings. The van der Waals surface area contributed by atoms with Crippen molar-refractivity contribution >= 4 is 59.9 Å². The summed E-state index contributed by atoms with van der Waals surface area (Å²) in [7, 11) is -0.0477. The summed E-state index contributed by atoms with van der Waals surface area (Å²) in [6.07, 6.45) is 1.58. The van der Waals surface area contributed by atoms with E-state index in [1.165, 1.54) is 0 Å². The Kier molecular flexibility index (Phi) is 6.02. The predicted molar refractivity (Wildman–Crippen MR) is 133 cm³/mol. The van der Waals surface area contributed by atoms with Gasteiger partial charge in [0, 0.05) is 26.0 Å². The molecule has 0 saturated heterocycles. The van der Waals surface area contributed by atoms with Crippen molar-refractivity contribution in [3.05, 3.63) is 63.6 Å². The Labute approximate surface area is 199 Å². The number of imidazole rings is 1. The fraction of sp³-hybridized carbons (Fsp3) is 0.227. The van der Waals surface area contributed by atoms with E-state index in [4.69, 9.17) is 0 Å². The highest BCUT2D eigenvalue weighted by Crippen LogP contribution is 2.31. The van der Waals surface area contributed by atoms with Gasteiger partial charge in [0.25, 0.3) is 0 Å². The van der Waals surface area contributed by atoms with Crippen LogP contribution in [0.15, 0.2) is 62.8 Å². The zero-order valence-electron chi connectivity index (χ0n) is 18.5. The summed E-state index contributed by atoms with van der Waals surface area (Å²) in [5.74, 6) is 0.720. The van der Waals surface area contributed by atoms with E-state index < -0.39 is 15.1 Å². The molecule has 0 radical (unpaired) electrons. The van der Waals surface area contributed by atoms with Crippen molar-refractivity contribution < 1.29 is 8.42 Å². The zero-order valence-corrected chi connectivity index (χ0v) is 20.9. The van der Waals surface area contributed by atoms with Gasteiger partial charge in [-0.1, -0.05) is 12.1 Å². The van der Waals surface area contributed by atoms with Crippen LogP contribution in [0.1, 0.15) is 13.8 Å². The number of para-hydroxylation sites is 1. The molecule has 4 aromatic rings. The summed E-state index contributed by atoms with van der Waals surface area (Å²) in [5.41, 5.74) is 2.62. The highest BCUT2D eigenvalue weighted by molar-refractivity contribution is 9.10. The van der Waals surface area contributed by atoms with Crippen molar-refractivity contribution in [2.45, 2.75) is 24.0 Å². The number of halogens is 1. The molecule has 0 atom stereocenters. The topological polar surface area (TPSA) is 111 Å². The second-order valence-electron chi connectivity index (χ2n) is 7.83. The summed E-state index contributed by atoms with van der Waals surface area (Å²) in [4.78, 5) is 21.2. The fourth-order valence-electron chi connectivity index (χ4n) is 3.43. The van der Waals surface area contributed by atoms with Crippen molar-refractivity contribution in [1.82, 2.24) is 19.1 Å². The number of hydrogen-bond acceptors (Lipinski definition) is 7. The van der Waals surface area contributed by atoms with Gasteiger partial charge in [-0.2, -0.15) is 4.98 Å². The van der Waals surface area contributed by atoms with Crippen LogP contribution < -0.4 is 16.3 Å². The van der Waals surface area contributed by atoms with E-state index in [2.05, 4.69) is 36.5 Å². The number of hydrogen-bond donors (Lipinski definition) is 2. The number of aryl methyl sites for hydroxylation is 2. The first-order valence-electron chi connectivity index (χ1n) is 10.1. The standard InChI is InChI=1S/C22H23BrN6O3S/c1-13(2)33(31,32)19-8-6-5-7-16(19)26-20-15(23)12-24-21(27-20)25-14-9-10-17-18(11-14)29(4)22(30)28(17)3/h5-13H,1-4H3,(H2,24,25,26,27). The van der Waals surface area contributed by atoms with E-state index in [9.17, 15) is 13.2 Å². The van der Waals surface area contributed by atoms with E-state index >= 15 is 0 Å². The fourth-order valence-corrected chi connectivity index (χ4v) is 4.92. The first-order valence-corrected chi connectivity index (χ1v) is 12.5. The average Bonchev–Trinajstić information content (AvgIpc) is 3.00. The largest absolute Gasteiger partial charge is 0.338 e. The van der Waals surface area contributed by atoms with Gasteiger partial charge in [0.05, 0.1) is 31.3 Å². The van der Waals surface area contributed by atoms with E-state index in [-0.39, 0.29) is 10.6 Å². The second kappa shape index (κ2) is 8.64. The van der Waals surface area contributed by atoms with Crippen LogP contribution >= 0.6 is 15.9 Å². The molecular weight excluding hydrogens is 508 g/mol. The smallest absolute Gasteiger partial charge is 0.328 e. The number of nitrogens with zero attached hydrogens (tertiary/aromatic N) is 4. The maximum Gasteiger partial charge on any atom is 0.328 e. The monoisotopic (exact) mass is 530 g/mol. The van der Waals surface area contributed by atoms with Crippen molar-refractivity contribution in [3.8, 4) is 0 Å². The molecule has 0 saturated carbocycles. The summed E-state index contributed by atoms with van der Waals surface area (Å²) in [5, 5.41) is 5.69. The van der Waals surface area contributed by atoms with Crippen LogP contribution in [0, 0.1) is 0 Å². The van der Waals surface area contributed by atoms with Gasteiger partial charge in [-0.3, -0.25) is 9.13 Å². The summed E-state index contributed by atoms with van der Waals surface area (Å²) in [6, 6.07) is 12.3. The molecule has 4 rings (SSSR count). The first-order chi connectivity index (χ1) is 15.6. The second-order valence-corrected chi connectivity index (χ2v) is 11.2. The number of fused-ring (bicyclic) bond motifs is 1. The van der Waals surface area contributed by atoms with Crippen molar-refractivity contribution in [1.29, 1.82) is 0 Å². The van der Waals surface area contributed by atoms with Gasteiger partial charge in [0.1, 0.15) is 5.82 Å². The Morgan fingerprint density at radius 2 is 1.70 bits per heavy atom. The summed E-state index contributed by atoms with van der Waals surface area (Å²) in [6.45, 7) is 3.29. The Balaban J connectivity index is 1.67. The highest BCUT2D eigenvalue weighted by atomic mass is 79.9. The first kappa shape index (κ1) is 23.0. The van der Waals surface area contributed by atoms with Gasteiger partial charge in [0.15, 0.2) is 9.84 Å². The molecule has 0 unspecified atom stereocenters. The molecule has 0 spiro atoms. The minimum atomic E-state index is -3.49. The number of sulfone groups is 1.